The molecule has 3 heterocycles. The van der Waals surface area contributed by atoms with E-state index in [2.05, 4.69) is 164 Å². The van der Waals surface area contributed by atoms with Crippen LogP contribution in [0.3, 0.4) is 0 Å². The van der Waals surface area contributed by atoms with Crippen molar-refractivity contribution in [3.8, 4) is 23.0 Å². The summed E-state index contributed by atoms with van der Waals surface area (Å²) in [5.41, 5.74) is 11.0. The van der Waals surface area contributed by atoms with Gasteiger partial charge in [-0.05, 0) is 116 Å². The number of nitrogens with zero attached hydrogens (tertiary/aromatic N) is 4. The van der Waals surface area contributed by atoms with Crippen molar-refractivity contribution in [2.75, 3.05) is 0 Å². The molecule has 0 fully saturated rings. The van der Waals surface area contributed by atoms with Gasteiger partial charge < -0.3 is 4.74 Å². The Bertz CT molecular complexity index is 2320. The van der Waals surface area contributed by atoms with Gasteiger partial charge in [0.15, 0.2) is 0 Å². The number of hydrogen-bond acceptors (Lipinski definition) is 3. The van der Waals surface area contributed by atoms with Gasteiger partial charge in [-0.25, -0.2) is 9.67 Å². The van der Waals surface area contributed by atoms with E-state index >= 15 is 0 Å². The number of para-hydroxylation sites is 1. The summed E-state index contributed by atoms with van der Waals surface area (Å²) < 4.78 is 11.4. The van der Waals surface area contributed by atoms with Crippen molar-refractivity contribution in [1.29, 1.82) is 0 Å². The van der Waals surface area contributed by atoms with Crippen LogP contribution in [0.1, 0.15) is 122 Å². The summed E-state index contributed by atoms with van der Waals surface area (Å²) in [4.78, 5) is 4.89. The molecule has 5 heteroatoms. The third kappa shape index (κ3) is 7.20. The monoisotopic (exact) mass is 706 g/mol. The number of fused-ring (bicyclic) bond motifs is 3. The number of rotatable bonds is 8. The van der Waals surface area contributed by atoms with Crippen molar-refractivity contribution >= 4 is 21.8 Å². The molecule has 3 aromatic heterocycles. The van der Waals surface area contributed by atoms with Gasteiger partial charge in [-0.2, -0.15) is 5.10 Å². The number of benzene rings is 3. The molecule has 7 rings (SSSR count). The van der Waals surface area contributed by atoms with Crippen molar-refractivity contribution in [3.63, 3.8) is 0 Å². The van der Waals surface area contributed by atoms with Crippen LogP contribution in [0.4, 0.5) is 0 Å². The molecule has 0 saturated heterocycles. The molecule has 0 spiro atoms. The summed E-state index contributed by atoms with van der Waals surface area (Å²) in [6.45, 7) is 25.2. The number of ether oxygens (including phenoxy) is 1. The second-order valence-electron chi connectivity index (χ2n) is 18.0. The molecule has 0 saturated carbocycles. The van der Waals surface area contributed by atoms with Gasteiger partial charge in [-0.1, -0.05) is 92.2 Å². The second kappa shape index (κ2) is 14.0. The van der Waals surface area contributed by atoms with Crippen molar-refractivity contribution in [1.82, 2.24) is 19.3 Å². The minimum absolute atomic E-state index is 0.00716. The van der Waals surface area contributed by atoms with Gasteiger partial charge in [0.25, 0.3) is 0 Å². The first-order chi connectivity index (χ1) is 25.1. The zero-order valence-electron chi connectivity index (χ0n) is 33.8. The molecule has 53 heavy (non-hydrogen) atoms. The third-order valence-electron chi connectivity index (χ3n) is 11.3. The molecule has 5 nitrogen and oxygen atoms in total. The van der Waals surface area contributed by atoms with Crippen LogP contribution in [0, 0.1) is 18.8 Å². The molecule has 3 aromatic carbocycles. The van der Waals surface area contributed by atoms with E-state index in [0.29, 0.717) is 17.8 Å². The highest BCUT2D eigenvalue weighted by Crippen LogP contribution is 2.43. The van der Waals surface area contributed by atoms with Crippen molar-refractivity contribution in [2.45, 2.75) is 119 Å². The largest absolute Gasteiger partial charge is 0.457 e. The lowest BCUT2D eigenvalue weighted by atomic mass is 9.75. The first-order valence-corrected chi connectivity index (χ1v) is 19.7. The van der Waals surface area contributed by atoms with Gasteiger partial charge in [0.2, 0.25) is 0 Å². The number of pyridine rings is 1. The van der Waals surface area contributed by atoms with E-state index < -0.39 is 0 Å². The SMILES string of the molecule is CC1=CCC[C@H](C)[C@H]1c1c(C)nn(-c2cc(Oc3ccc4c5ccccc5n(-c5cc(C(C)(C)C)ccn5)c4c3)cc(C(C)(C)C)c2)c1CCC(C)C. The molecular formula is C48H58N4O. The van der Waals surface area contributed by atoms with Gasteiger partial charge in [-0.3, -0.25) is 4.57 Å². The van der Waals surface area contributed by atoms with Gasteiger partial charge in [0.1, 0.15) is 17.3 Å². The smallest absolute Gasteiger partial charge is 0.137 e. The fourth-order valence-corrected chi connectivity index (χ4v) is 8.30. The zero-order chi connectivity index (χ0) is 37.8. The molecule has 0 amide bonds. The van der Waals surface area contributed by atoms with Crippen molar-refractivity contribution in [3.05, 3.63) is 119 Å². The maximum atomic E-state index is 6.89. The Kier molecular flexibility index (Phi) is 9.68. The summed E-state index contributed by atoms with van der Waals surface area (Å²) in [6, 6.07) is 26.1. The quantitative estimate of drug-likeness (QED) is 0.148. The van der Waals surface area contributed by atoms with Crippen LogP contribution < -0.4 is 4.74 Å². The highest BCUT2D eigenvalue weighted by atomic mass is 16.5. The van der Waals surface area contributed by atoms with Crippen LogP contribution in [0.25, 0.3) is 33.3 Å². The van der Waals surface area contributed by atoms with E-state index in [4.69, 9.17) is 14.8 Å². The lowest BCUT2D eigenvalue weighted by Gasteiger charge is -2.30. The Balaban J connectivity index is 1.36. The lowest BCUT2D eigenvalue weighted by Crippen LogP contribution is -2.18. The molecule has 6 aromatic rings. The zero-order valence-corrected chi connectivity index (χ0v) is 33.8. The lowest BCUT2D eigenvalue weighted by molar-refractivity contribution is 0.445. The van der Waals surface area contributed by atoms with Crippen LogP contribution in [-0.4, -0.2) is 19.3 Å². The minimum Gasteiger partial charge on any atom is -0.457 e. The molecule has 0 N–H and O–H groups in total. The molecule has 1 aliphatic rings. The molecule has 1 aliphatic carbocycles. The van der Waals surface area contributed by atoms with E-state index in [1.165, 1.54) is 51.6 Å². The topological polar surface area (TPSA) is 44.9 Å². The Morgan fingerprint density at radius 1 is 0.811 bits per heavy atom. The van der Waals surface area contributed by atoms with E-state index in [1.54, 1.807) is 0 Å². The molecule has 0 bridgehead atoms. The standard InChI is InChI=1S/C48H58N4O/c1-30(2)19-22-42-46(45-31(3)15-14-16-32(45)4)33(5)50-52(42)36-25-35(48(9,10)11)26-38(28-36)53-37-20-21-40-39-17-12-13-18-41(39)51(43(40)29-37)44-27-34(23-24-49-44)47(6,7)8/h12-13,15,17-18,20-21,23-30,32,45H,14,16,19,22H2,1-11H3/t32-,45-/m0/s1. The average molecular weight is 707 g/mol. The maximum absolute atomic E-state index is 6.89. The summed E-state index contributed by atoms with van der Waals surface area (Å²) in [7, 11) is 0. The van der Waals surface area contributed by atoms with Crippen LogP contribution in [0.2, 0.25) is 0 Å². The Labute approximate surface area is 317 Å². The van der Waals surface area contributed by atoms with E-state index in [9.17, 15) is 0 Å². The first-order valence-electron chi connectivity index (χ1n) is 19.7. The fraction of sp³-hybridized carbons (Fsp3) is 0.417. The molecule has 0 aliphatic heterocycles. The molecule has 276 valence electrons. The van der Waals surface area contributed by atoms with Crippen molar-refractivity contribution in [2.24, 2.45) is 11.8 Å². The van der Waals surface area contributed by atoms with Gasteiger partial charge in [0, 0.05) is 46.3 Å². The Hall–Kier alpha value is -4.64. The van der Waals surface area contributed by atoms with Crippen LogP contribution in [0.15, 0.2) is 90.6 Å². The van der Waals surface area contributed by atoms with Gasteiger partial charge >= 0.3 is 0 Å². The first kappa shape index (κ1) is 36.7. The predicted molar refractivity (Wildman–Crippen MR) is 222 cm³/mol. The summed E-state index contributed by atoms with van der Waals surface area (Å²) in [5.74, 6) is 4.11. The number of allylic oxidation sites excluding steroid dienone is 2. The van der Waals surface area contributed by atoms with E-state index in [-0.39, 0.29) is 10.8 Å². The Morgan fingerprint density at radius 2 is 1.55 bits per heavy atom. The van der Waals surface area contributed by atoms with Crippen LogP contribution >= 0.6 is 0 Å². The second-order valence-corrected chi connectivity index (χ2v) is 18.0. The minimum atomic E-state index is -0.0887. The predicted octanol–water partition coefficient (Wildman–Crippen LogP) is 13.1. The molecular weight excluding hydrogens is 649 g/mol. The highest BCUT2D eigenvalue weighted by Gasteiger charge is 2.31. The molecule has 0 radical (unpaired) electrons. The number of aryl methyl sites for hydroxylation is 1. The summed E-state index contributed by atoms with van der Waals surface area (Å²) in [6.07, 6.45) is 8.87. The van der Waals surface area contributed by atoms with E-state index in [1.807, 2.05) is 6.20 Å². The van der Waals surface area contributed by atoms with Crippen molar-refractivity contribution < 1.29 is 4.74 Å². The van der Waals surface area contributed by atoms with E-state index in [0.717, 1.165) is 52.6 Å². The Morgan fingerprint density at radius 3 is 2.26 bits per heavy atom. The number of hydrogen-bond donors (Lipinski definition) is 0. The highest BCUT2D eigenvalue weighted by molar-refractivity contribution is 6.09. The third-order valence-corrected chi connectivity index (χ3v) is 11.3. The molecule has 0 unspecified atom stereocenters. The van der Waals surface area contributed by atoms with Crippen LogP contribution in [0.5, 0.6) is 11.5 Å². The summed E-state index contributed by atoms with van der Waals surface area (Å²) >= 11 is 0. The van der Waals surface area contributed by atoms with Gasteiger partial charge in [0.05, 0.1) is 22.4 Å². The average Bonchev–Trinajstić information content (AvgIpc) is 3.60. The summed E-state index contributed by atoms with van der Waals surface area (Å²) in [5, 5.41) is 7.71. The van der Waals surface area contributed by atoms with Gasteiger partial charge in [-0.15, -0.1) is 0 Å². The normalized spacial score (nSPS) is 16.9. The maximum Gasteiger partial charge on any atom is 0.137 e. The molecule has 2 atom stereocenters. The fourth-order valence-electron chi connectivity index (χ4n) is 8.30. The van der Waals surface area contributed by atoms with Crippen LogP contribution in [-0.2, 0) is 17.3 Å². The number of aromatic nitrogens is 4.